The van der Waals surface area contributed by atoms with Gasteiger partial charge in [0.05, 0.1) is 11.0 Å². The minimum absolute atomic E-state index is 0.0499. The molecule has 0 spiro atoms. The number of fused-ring (bicyclic) bond motifs is 1. The van der Waals surface area contributed by atoms with Crippen LogP contribution in [0.1, 0.15) is 52.0 Å². The largest absolute Gasteiger partial charge is 0.457 e. The summed E-state index contributed by atoms with van der Waals surface area (Å²) < 4.78 is 17.6. The number of aromatic nitrogens is 2. The van der Waals surface area contributed by atoms with Crippen LogP contribution in [0.3, 0.4) is 0 Å². The number of hydrogen-bond acceptors (Lipinski definition) is 9. The minimum Gasteiger partial charge on any atom is -0.457 e. The van der Waals surface area contributed by atoms with E-state index in [1.54, 1.807) is 54.6 Å². The Morgan fingerprint density at radius 2 is 1.58 bits per heavy atom. The van der Waals surface area contributed by atoms with E-state index >= 15 is 0 Å². The molecule has 1 aliphatic rings. The number of rotatable bonds is 8. The van der Waals surface area contributed by atoms with Crippen molar-refractivity contribution in [1.82, 2.24) is 20.8 Å². The van der Waals surface area contributed by atoms with Crippen molar-refractivity contribution < 1.29 is 29.0 Å². The number of amidine groups is 1. The molecule has 45 heavy (non-hydrogen) atoms. The first-order valence-electron chi connectivity index (χ1n) is 14.6. The second-order valence-electron chi connectivity index (χ2n) is 11.9. The third-order valence-electron chi connectivity index (χ3n) is 7.17. The highest BCUT2D eigenvalue weighted by atomic mass is 16.6. The van der Waals surface area contributed by atoms with Gasteiger partial charge in [0, 0.05) is 47.5 Å². The maximum Gasteiger partial charge on any atom is 0.407 e. The van der Waals surface area contributed by atoms with Gasteiger partial charge in [0.2, 0.25) is 5.91 Å². The number of hydroxylamine groups is 1. The van der Waals surface area contributed by atoms with Gasteiger partial charge in [0.15, 0.2) is 5.95 Å². The number of H-pyrrole nitrogens is 1. The molecule has 2 amide bonds. The normalized spacial score (nSPS) is 16.4. The summed E-state index contributed by atoms with van der Waals surface area (Å²) in [5.41, 5.74) is 9.39. The molecule has 0 bridgehead atoms. The fourth-order valence-corrected chi connectivity index (χ4v) is 5.08. The quantitative estimate of drug-likeness (QED) is 0.0700. The molecule has 0 atom stereocenters. The van der Waals surface area contributed by atoms with Crippen LogP contribution in [0.25, 0.3) is 11.0 Å². The molecule has 1 aromatic heterocycles. The van der Waals surface area contributed by atoms with Crippen molar-refractivity contribution in [2.24, 2.45) is 5.92 Å². The Labute approximate surface area is 259 Å². The van der Waals surface area contributed by atoms with E-state index in [1.807, 2.05) is 32.3 Å². The van der Waals surface area contributed by atoms with E-state index in [4.69, 9.17) is 30.6 Å². The summed E-state index contributed by atoms with van der Waals surface area (Å²) in [7, 11) is 0. The van der Waals surface area contributed by atoms with Crippen LogP contribution in [0.4, 0.5) is 16.4 Å². The number of hydrogen-bond donors (Lipinski definition) is 7. The fourth-order valence-electron chi connectivity index (χ4n) is 5.08. The molecule has 8 N–H and O–H groups in total. The first kappa shape index (κ1) is 31.1. The van der Waals surface area contributed by atoms with E-state index in [2.05, 4.69) is 20.6 Å². The molecule has 4 aromatic rings. The van der Waals surface area contributed by atoms with Crippen LogP contribution in [0.2, 0.25) is 0 Å². The standard InChI is InChI=1S/C32H37N7O6/c1-32(2,3)45-31(41)36-20-8-4-19(5-9-20)29(40)35-21-14-24(43-22-10-6-18(7-11-22)28(33)39-42)16-25(15-21)44-23-12-13-26-27(17-23)38-30(34)37-26/h6-7,10-17,19-20,42H,4-5,8-9H2,1-3H3,(H2,33,39)(H,35,40)(H,36,41)(H3,34,37,38)/t19-,20-. The van der Waals surface area contributed by atoms with Gasteiger partial charge < -0.3 is 35.6 Å². The van der Waals surface area contributed by atoms with Gasteiger partial charge in [-0.15, -0.1) is 0 Å². The summed E-state index contributed by atoms with van der Waals surface area (Å²) in [5.74, 6) is 1.59. The van der Waals surface area contributed by atoms with Crippen molar-refractivity contribution in [3.63, 3.8) is 0 Å². The number of nitrogen functional groups attached to an aromatic ring is 1. The predicted molar refractivity (Wildman–Crippen MR) is 169 cm³/mol. The van der Waals surface area contributed by atoms with Crippen molar-refractivity contribution in [2.75, 3.05) is 11.1 Å². The monoisotopic (exact) mass is 615 g/mol. The van der Waals surface area contributed by atoms with E-state index in [-0.39, 0.29) is 23.7 Å². The third-order valence-corrected chi connectivity index (χ3v) is 7.17. The van der Waals surface area contributed by atoms with E-state index in [1.165, 1.54) is 0 Å². The highest BCUT2D eigenvalue weighted by molar-refractivity contribution is 5.95. The zero-order chi connectivity index (χ0) is 32.1. The number of carbonyl (C=O) groups is 2. The van der Waals surface area contributed by atoms with E-state index in [0.29, 0.717) is 71.4 Å². The number of alkyl carbamates (subject to hydrolysis) is 1. The maximum atomic E-state index is 13.3. The Bertz CT molecular complexity index is 1690. The molecule has 13 nitrogen and oxygen atoms in total. The Balaban J connectivity index is 1.30. The number of ether oxygens (including phenoxy) is 3. The van der Waals surface area contributed by atoms with Gasteiger partial charge in [-0.3, -0.25) is 20.9 Å². The number of nitrogens with one attached hydrogen (secondary N) is 5. The van der Waals surface area contributed by atoms with Crippen molar-refractivity contribution in [1.29, 1.82) is 5.41 Å². The lowest BCUT2D eigenvalue weighted by atomic mass is 9.85. The highest BCUT2D eigenvalue weighted by Crippen LogP contribution is 2.34. The van der Waals surface area contributed by atoms with Crippen molar-refractivity contribution in [3.05, 3.63) is 66.2 Å². The molecule has 5 rings (SSSR count). The number of nitrogens with zero attached hydrogens (tertiary/aromatic N) is 1. The van der Waals surface area contributed by atoms with Gasteiger partial charge in [-0.05, 0) is 82.9 Å². The molecule has 0 radical (unpaired) electrons. The fraction of sp³-hybridized carbons (Fsp3) is 0.312. The molecule has 0 saturated heterocycles. The maximum absolute atomic E-state index is 13.3. The van der Waals surface area contributed by atoms with Crippen LogP contribution in [0.5, 0.6) is 23.0 Å². The number of carbonyl (C=O) groups excluding carboxylic acids is 2. The average molecular weight is 616 g/mol. The molecule has 1 heterocycles. The first-order chi connectivity index (χ1) is 21.4. The summed E-state index contributed by atoms with van der Waals surface area (Å²) in [6.45, 7) is 5.45. The number of nitrogens with two attached hydrogens (primary N) is 1. The lowest BCUT2D eigenvalue weighted by Crippen LogP contribution is -2.42. The predicted octanol–water partition coefficient (Wildman–Crippen LogP) is 6.06. The van der Waals surface area contributed by atoms with Crippen LogP contribution in [-0.4, -0.2) is 44.7 Å². The Morgan fingerprint density at radius 3 is 2.22 bits per heavy atom. The Kier molecular flexibility index (Phi) is 9.09. The summed E-state index contributed by atoms with van der Waals surface area (Å²) in [6.07, 6.45) is 2.10. The van der Waals surface area contributed by atoms with Crippen LogP contribution in [0, 0.1) is 11.3 Å². The van der Waals surface area contributed by atoms with Gasteiger partial charge in [0.1, 0.15) is 34.4 Å². The minimum atomic E-state index is -0.577. The van der Waals surface area contributed by atoms with Gasteiger partial charge >= 0.3 is 6.09 Å². The van der Waals surface area contributed by atoms with Crippen LogP contribution in [-0.2, 0) is 9.53 Å². The summed E-state index contributed by atoms with van der Waals surface area (Å²) >= 11 is 0. The molecule has 13 heteroatoms. The molecular weight excluding hydrogens is 578 g/mol. The zero-order valence-electron chi connectivity index (χ0n) is 25.3. The van der Waals surface area contributed by atoms with Gasteiger partial charge in [-0.25, -0.2) is 9.78 Å². The second-order valence-corrected chi connectivity index (χ2v) is 11.9. The molecule has 1 saturated carbocycles. The molecule has 3 aromatic carbocycles. The van der Waals surface area contributed by atoms with E-state index in [0.717, 1.165) is 5.52 Å². The molecule has 0 aliphatic heterocycles. The van der Waals surface area contributed by atoms with Gasteiger partial charge in [-0.1, -0.05) is 0 Å². The molecule has 1 fully saturated rings. The number of anilines is 2. The van der Waals surface area contributed by atoms with Crippen molar-refractivity contribution in [3.8, 4) is 23.0 Å². The average Bonchev–Trinajstić information content (AvgIpc) is 3.35. The van der Waals surface area contributed by atoms with Gasteiger partial charge in [-0.2, -0.15) is 0 Å². The third kappa shape index (κ3) is 8.42. The van der Waals surface area contributed by atoms with Crippen LogP contribution < -0.4 is 31.3 Å². The van der Waals surface area contributed by atoms with E-state index in [9.17, 15) is 9.59 Å². The number of amides is 2. The van der Waals surface area contributed by atoms with Crippen molar-refractivity contribution >= 4 is 40.5 Å². The SMILES string of the molecule is CC(C)(C)OC(=O)N[C@H]1CC[C@H](C(=O)Nc2cc(Oc3ccc(C(=N)NO)cc3)cc(Oc3ccc4[nH]c(N)nc4c3)c2)CC1. The molecule has 0 unspecified atom stereocenters. The smallest absolute Gasteiger partial charge is 0.407 e. The second kappa shape index (κ2) is 13.1. The summed E-state index contributed by atoms with van der Waals surface area (Å²) in [5, 5.41) is 22.6. The van der Waals surface area contributed by atoms with Crippen LogP contribution in [0.15, 0.2) is 60.7 Å². The molecular formula is C32H37N7O6. The molecule has 1 aliphatic carbocycles. The zero-order valence-corrected chi connectivity index (χ0v) is 25.3. The number of aromatic amines is 1. The summed E-state index contributed by atoms with van der Waals surface area (Å²) in [6, 6.07) is 17.0. The molecule has 236 valence electrons. The number of benzene rings is 3. The van der Waals surface area contributed by atoms with Crippen molar-refractivity contribution in [2.45, 2.75) is 58.1 Å². The first-order valence-corrected chi connectivity index (χ1v) is 14.6. The highest BCUT2D eigenvalue weighted by Gasteiger charge is 2.28. The number of imidazole rings is 1. The lowest BCUT2D eigenvalue weighted by molar-refractivity contribution is -0.120. The van der Waals surface area contributed by atoms with Gasteiger partial charge in [0.25, 0.3) is 0 Å². The van der Waals surface area contributed by atoms with Crippen LogP contribution >= 0.6 is 0 Å². The summed E-state index contributed by atoms with van der Waals surface area (Å²) in [4.78, 5) is 32.7. The Hall–Kier alpha value is -5.30. The lowest BCUT2D eigenvalue weighted by Gasteiger charge is -2.29. The van der Waals surface area contributed by atoms with E-state index < -0.39 is 11.7 Å². The topological polar surface area (TPSA) is 197 Å². The Morgan fingerprint density at radius 1 is 0.933 bits per heavy atom.